The average Bonchev–Trinajstić information content (AvgIpc) is 3.13. The number of benzene rings is 1. The minimum atomic E-state index is -0.199. The number of carbonyl (C=O) groups excluding carboxylic acids is 2. The predicted molar refractivity (Wildman–Crippen MR) is 108 cm³/mol. The number of thiophene rings is 1. The van der Waals surface area contributed by atoms with E-state index in [4.69, 9.17) is 0 Å². The minimum absolute atomic E-state index is 0.0185. The Morgan fingerprint density at radius 2 is 1.84 bits per heavy atom. The lowest BCUT2D eigenvalue weighted by Gasteiger charge is -2.34. The van der Waals surface area contributed by atoms with Crippen molar-refractivity contribution >= 4 is 45.7 Å². The van der Waals surface area contributed by atoms with Gasteiger partial charge in [-0.1, -0.05) is 18.2 Å². The van der Waals surface area contributed by atoms with E-state index in [1.165, 1.54) is 4.88 Å². The molecular weight excluding hydrogens is 449 g/mol. The Morgan fingerprint density at radius 3 is 2.52 bits per heavy atom. The van der Waals surface area contributed by atoms with Gasteiger partial charge >= 0.3 is 0 Å². The summed E-state index contributed by atoms with van der Waals surface area (Å²) < 4.78 is 0.882. The molecule has 0 radical (unpaired) electrons. The van der Waals surface area contributed by atoms with Gasteiger partial charge in [0.15, 0.2) is 0 Å². The Bertz CT molecular complexity index is 728. The molecular formula is C18H20IN3O2S. The molecule has 1 aromatic carbocycles. The highest BCUT2D eigenvalue weighted by Gasteiger charge is 2.21. The smallest absolute Gasteiger partial charge is 0.252 e. The van der Waals surface area contributed by atoms with Gasteiger partial charge in [-0.25, -0.2) is 0 Å². The van der Waals surface area contributed by atoms with Gasteiger partial charge < -0.3 is 10.2 Å². The Kier molecular flexibility index (Phi) is 6.44. The molecule has 3 rings (SSSR count). The van der Waals surface area contributed by atoms with E-state index in [0.29, 0.717) is 18.7 Å². The Morgan fingerprint density at radius 1 is 1.08 bits per heavy atom. The van der Waals surface area contributed by atoms with Crippen LogP contribution >= 0.6 is 33.9 Å². The van der Waals surface area contributed by atoms with Gasteiger partial charge in [-0.05, 0) is 46.2 Å². The Labute approximate surface area is 165 Å². The van der Waals surface area contributed by atoms with E-state index in [2.05, 4.69) is 50.3 Å². The number of hydrogen-bond donors (Lipinski definition) is 1. The van der Waals surface area contributed by atoms with Crippen LogP contribution in [0.5, 0.6) is 0 Å². The minimum Gasteiger partial charge on any atom is -0.343 e. The molecule has 0 atom stereocenters. The number of rotatable bonds is 5. The third-order valence-electron chi connectivity index (χ3n) is 4.20. The summed E-state index contributed by atoms with van der Waals surface area (Å²) in [5.74, 6) is -0.218. The van der Waals surface area contributed by atoms with Gasteiger partial charge in [0.05, 0.1) is 12.1 Å². The van der Waals surface area contributed by atoms with Crippen LogP contribution in [0.15, 0.2) is 41.8 Å². The number of halogens is 1. The van der Waals surface area contributed by atoms with Gasteiger partial charge in [0, 0.05) is 41.2 Å². The molecule has 2 heterocycles. The summed E-state index contributed by atoms with van der Waals surface area (Å²) in [7, 11) is 0. The molecule has 1 fully saturated rings. The molecule has 5 nitrogen and oxygen atoms in total. The van der Waals surface area contributed by atoms with Crippen LogP contribution < -0.4 is 5.32 Å². The lowest BCUT2D eigenvalue weighted by atomic mass is 10.2. The molecule has 0 spiro atoms. The fourth-order valence-corrected chi connectivity index (χ4v) is 4.17. The number of carbonyl (C=O) groups is 2. The molecule has 1 aliphatic rings. The van der Waals surface area contributed by atoms with Crippen molar-refractivity contribution in [2.24, 2.45) is 0 Å². The maximum atomic E-state index is 12.3. The largest absolute Gasteiger partial charge is 0.343 e. The van der Waals surface area contributed by atoms with Crippen LogP contribution in [-0.2, 0) is 11.3 Å². The summed E-state index contributed by atoms with van der Waals surface area (Å²) in [6.07, 6.45) is 0. The van der Waals surface area contributed by atoms with E-state index in [0.717, 1.165) is 23.2 Å². The normalized spacial score (nSPS) is 15.2. The second-order valence-electron chi connectivity index (χ2n) is 5.90. The third-order valence-corrected chi connectivity index (χ3v) is 6.01. The first-order valence-electron chi connectivity index (χ1n) is 8.19. The maximum absolute atomic E-state index is 12.3. The standard InChI is InChI=1S/C18H20IN3O2S/c19-16-6-2-1-5-15(16)18(24)20-12-17(23)22-9-7-21(8-10-22)13-14-4-3-11-25-14/h1-6,11H,7-10,12-13H2,(H,20,24). The first kappa shape index (κ1) is 18.3. The molecule has 132 valence electrons. The topological polar surface area (TPSA) is 52.7 Å². The molecule has 1 saturated heterocycles. The van der Waals surface area contributed by atoms with Crippen LogP contribution in [0.4, 0.5) is 0 Å². The molecule has 0 aliphatic carbocycles. The molecule has 0 unspecified atom stereocenters. The Hall–Kier alpha value is -1.45. The van der Waals surface area contributed by atoms with Crippen LogP contribution in [0, 0.1) is 3.57 Å². The second-order valence-corrected chi connectivity index (χ2v) is 8.09. The van der Waals surface area contributed by atoms with Gasteiger partial charge in [-0.2, -0.15) is 0 Å². The molecule has 25 heavy (non-hydrogen) atoms. The lowest BCUT2D eigenvalue weighted by molar-refractivity contribution is -0.131. The Balaban J connectivity index is 1.43. The first-order chi connectivity index (χ1) is 12.1. The summed E-state index contributed by atoms with van der Waals surface area (Å²) in [6.45, 7) is 4.16. The van der Waals surface area contributed by atoms with Crippen molar-refractivity contribution < 1.29 is 9.59 Å². The van der Waals surface area contributed by atoms with E-state index < -0.39 is 0 Å². The monoisotopic (exact) mass is 469 g/mol. The van der Waals surface area contributed by atoms with Gasteiger partial charge in [0.1, 0.15) is 0 Å². The predicted octanol–water partition coefficient (Wildman–Crippen LogP) is 2.43. The van der Waals surface area contributed by atoms with Crippen molar-refractivity contribution in [3.8, 4) is 0 Å². The zero-order valence-electron chi connectivity index (χ0n) is 13.8. The summed E-state index contributed by atoms with van der Waals surface area (Å²) in [5.41, 5.74) is 0.608. The molecule has 1 aliphatic heterocycles. The summed E-state index contributed by atoms with van der Waals surface area (Å²) >= 11 is 3.89. The third kappa shape index (κ3) is 5.02. The van der Waals surface area contributed by atoms with Crippen LogP contribution in [-0.4, -0.2) is 54.3 Å². The van der Waals surface area contributed by atoms with Gasteiger partial charge in [0.25, 0.3) is 5.91 Å². The lowest BCUT2D eigenvalue weighted by Crippen LogP contribution is -2.50. The number of amides is 2. The fraction of sp³-hybridized carbons (Fsp3) is 0.333. The van der Waals surface area contributed by atoms with Gasteiger partial charge in [-0.3, -0.25) is 14.5 Å². The zero-order valence-corrected chi connectivity index (χ0v) is 16.8. The molecule has 1 N–H and O–H groups in total. The van der Waals surface area contributed by atoms with E-state index in [9.17, 15) is 9.59 Å². The highest BCUT2D eigenvalue weighted by molar-refractivity contribution is 14.1. The van der Waals surface area contributed by atoms with Crippen LogP contribution in [0.1, 0.15) is 15.2 Å². The van der Waals surface area contributed by atoms with E-state index in [-0.39, 0.29) is 18.4 Å². The average molecular weight is 469 g/mol. The number of nitrogens with zero attached hydrogens (tertiary/aromatic N) is 2. The van der Waals surface area contributed by atoms with E-state index in [1.807, 2.05) is 23.1 Å². The van der Waals surface area contributed by atoms with Crippen molar-refractivity contribution in [3.63, 3.8) is 0 Å². The van der Waals surface area contributed by atoms with E-state index in [1.54, 1.807) is 17.4 Å². The van der Waals surface area contributed by atoms with Gasteiger partial charge in [-0.15, -0.1) is 11.3 Å². The van der Waals surface area contributed by atoms with Crippen molar-refractivity contribution in [3.05, 3.63) is 55.8 Å². The molecule has 2 aromatic rings. The van der Waals surface area contributed by atoms with Crippen molar-refractivity contribution in [2.45, 2.75) is 6.54 Å². The highest BCUT2D eigenvalue weighted by atomic mass is 127. The molecule has 0 bridgehead atoms. The number of nitrogens with one attached hydrogen (secondary N) is 1. The highest BCUT2D eigenvalue weighted by Crippen LogP contribution is 2.14. The second kappa shape index (κ2) is 8.77. The number of hydrogen-bond acceptors (Lipinski definition) is 4. The van der Waals surface area contributed by atoms with E-state index >= 15 is 0 Å². The number of piperazine rings is 1. The van der Waals surface area contributed by atoms with Crippen molar-refractivity contribution in [2.75, 3.05) is 32.7 Å². The fourth-order valence-electron chi connectivity index (χ4n) is 2.79. The maximum Gasteiger partial charge on any atom is 0.252 e. The molecule has 7 heteroatoms. The molecule has 2 amide bonds. The van der Waals surface area contributed by atoms with Crippen LogP contribution in [0.25, 0.3) is 0 Å². The van der Waals surface area contributed by atoms with Crippen molar-refractivity contribution in [1.82, 2.24) is 15.1 Å². The first-order valence-corrected chi connectivity index (χ1v) is 10.1. The summed E-state index contributed by atoms with van der Waals surface area (Å²) in [6, 6.07) is 11.6. The van der Waals surface area contributed by atoms with Crippen LogP contribution in [0.2, 0.25) is 0 Å². The SMILES string of the molecule is O=C(NCC(=O)N1CCN(Cc2cccs2)CC1)c1ccccc1I. The summed E-state index contributed by atoms with van der Waals surface area (Å²) in [4.78, 5) is 30.1. The van der Waals surface area contributed by atoms with Gasteiger partial charge in [0.2, 0.25) is 5.91 Å². The van der Waals surface area contributed by atoms with Crippen molar-refractivity contribution in [1.29, 1.82) is 0 Å². The summed E-state index contributed by atoms with van der Waals surface area (Å²) in [5, 5.41) is 4.83. The zero-order chi connectivity index (χ0) is 17.6. The molecule has 1 aromatic heterocycles. The molecule has 0 saturated carbocycles. The quantitative estimate of drug-likeness (QED) is 0.685. The van der Waals surface area contributed by atoms with Crippen LogP contribution in [0.3, 0.4) is 0 Å².